The molecular weight excluding hydrogens is 438 g/mol. The van der Waals surface area contributed by atoms with Crippen LogP contribution in [-0.2, 0) is 16.6 Å². The first-order chi connectivity index (χ1) is 14.0. The molecule has 3 aromatic rings. The number of carbonyl (C=O) groups excluding carboxylic acids is 1. The highest BCUT2D eigenvalue weighted by Crippen LogP contribution is 2.44. The number of fused-ring (bicyclic) bond motifs is 3. The lowest BCUT2D eigenvalue weighted by molar-refractivity contribution is -0.139. The molecule has 7 nitrogen and oxygen atoms in total. The van der Waals surface area contributed by atoms with Crippen molar-refractivity contribution in [2.45, 2.75) is 12.0 Å². The van der Waals surface area contributed by atoms with Crippen molar-refractivity contribution >= 4 is 28.0 Å². The molecule has 1 heterocycles. The molecule has 148 valence electrons. The first kappa shape index (κ1) is 19.2. The van der Waals surface area contributed by atoms with Crippen LogP contribution in [0.15, 0.2) is 59.2 Å². The molecule has 0 fully saturated rings. The van der Waals surface area contributed by atoms with Gasteiger partial charge in [0.25, 0.3) is 0 Å². The van der Waals surface area contributed by atoms with Gasteiger partial charge in [-0.25, -0.2) is 9.59 Å². The molecule has 1 atom stereocenters. The zero-order valence-corrected chi connectivity index (χ0v) is 17.1. The molecule has 1 aliphatic carbocycles. The number of ether oxygens (including phenoxy) is 1. The molecule has 1 unspecified atom stereocenters. The SMILES string of the molecule is Cn1nc(Br)cc1C(NC(=O)OCC1c2ccccc2-c2ccccc21)C(=O)O. The van der Waals surface area contributed by atoms with Gasteiger partial charge in [-0.15, -0.1) is 0 Å². The second-order valence-electron chi connectivity index (χ2n) is 6.76. The average molecular weight is 456 g/mol. The maximum Gasteiger partial charge on any atom is 0.408 e. The van der Waals surface area contributed by atoms with E-state index in [1.165, 1.54) is 4.68 Å². The van der Waals surface area contributed by atoms with Crippen LogP contribution in [0.25, 0.3) is 11.1 Å². The van der Waals surface area contributed by atoms with E-state index < -0.39 is 18.1 Å². The van der Waals surface area contributed by atoms with E-state index in [1.807, 2.05) is 36.4 Å². The van der Waals surface area contributed by atoms with Gasteiger partial charge in [-0.05, 0) is 44.3 Å². The number of aliphatic carboxylic acids is 1. The smallest absolute Gasteiger partial charge is 0.408 e. The van der Waals surface area contributed by atoms with Crippen LogP contribution in [-0.4, -0.2) is 33.6 Å². The first-order valence-corrected chi connectivity index (χ1v) is 9.78. The Hall–Kier alpha value is -3.13. The van der Waals surface area contributed by atoms with E-state index in [4.69, 9.17) is 4.74 Å². The number of carbonyl (C=O) groups is 2. The average Bonchev–Trinajstić information content (AvgIpc) is 3.20. The number of nitrogens with zero attached hydrogens (tertiary/aromatic N) is 2. The highest BCUT2D eigenvalue weighted by Gasteiger charge is 2.30. The number of nitrogens with one attached hydrogen (secondary N) is 1. The number of aryl methyl sites for hydroxylation is 1. The van der Waals surface area contributed by atoms with Gasteiger partial charge in [0.2, 0.25) is 0 Å². The monoisotopic (exact) mass is 455 g/mol. The van der Waals surface area contributed by atoms with Crippen LogP contribution in [0.2, 0.25) is 0 Å². The van der Waals surface area contributed by atoms with Crippen molar-refractivity contribution in [1.82, 2.24) is 15.1 Å². The number of hydrogen-bond donors (Lipinski definition) is 2. The summed E-state index contributed by atoms with van der Waals surface area (Å²) < 4.78 is 7.31. The lowest BCUT2D eigenvalue weighted by atomic mass is 9.98. The van der Waals surface area contributed by atoms with Crippen molar-refractivity contribution in [3.8, 4) is 11.1 Å². The van der Waals surface area contributed by atoms with E-state index in [-0.39, 0.29) is 12.5 Å². The third-order valence-electron chi connectivity index (χ3n) is 5.03. The maximum atomic E-state index is 12.4. The zero-order valence-electron chi connectivity index (χ0n) is 15.5. The minimum Gasteiger partial charge on any atom is -0.479 e. The normalized spacial score (nSPS) is 13.4. The minimum atomic E-state index is -1.27. The highest BCUT2D eigenvalue weighted by molar-refractivity contribution is 9.10. The third kappa shape index (κ3) is 3.63. The van der Waals surface area contributed by atoms with Crippen LogP contribution in [0.5, 0.6) is 0 Å². The van der Waals surface area contributed by atoms with Crippen molar-refractivity contribution < 1.29 is 19.4 Å². The second-order valence-corrected chi connectivity index (χ2v) is 7.57. The summed E-state index contributed by atoms with van der Waals surface area (Å²) >= 11 is 3.20. The van der Waals surface area contributed by atoms with Crippen molar-refractivity contribution in [3.05, 3.63) is 76.0 Å². The Morgan fingerprint density at radius 3 is 2.28 bits per heavy atom. The number of rotatable bonds is 5. The number of halogens is 1. The molecule has 0 aliphatic heterocycles. The van der Waals surface area contributed by atoms with Gasteiger partial charge in [0, 0.05) is 13.0 Å². The summed E-state index contributed by atoms with van der Waals surface area (Å²) in [4.78, 5) is 24.0. The number of benzene rings is 2. The molecule has 8 heteroatoms. The molecule has 1 aliphatic rings. The van der Waals surface area contributed by atoms with Gasteiger partial charge >= 0.3 is 12.1 Å². The van der Waals surface area contributed by atoms with Crippen LogP contribution in [0, 0.1) is 0 Å². The van der Waals surface area contributed by atoms with E-state index in [1.54, 1.807) is 13.1 Å². The summed E-state index contributed by atoms with van der Waals surface area (Å²) in [5.74, 6) is -1.30. The van der Waals surface area contributed by atoms with Crippen LogP contribution in [0.3, 0.4) is 0 Å². The molecule has 0 radical (unpaired) electrons. The van der Waals surface area contributed by atoms with E-state index in [2.05, 4.69) is 38.5 Å². The van der Waals surface area contributed by atoms with Crippen molar-refractivity contribution in [3.63, 3.8) is 0 Å². The fourth-order valence-corrected chi connectivity index (χ4v) is 4.21. The Balaban J connectivity index is 1.50. The molecule has 4 rings (SSSR count). The Morgan fingerprint density at radius 1 is 1.17 bits per heavy atom. The molecule has 2 N–H and O–H groups in total. The zero-order chi connectivity index (χ0) is 20.5. The number of amides is 1. The predicted octanol–water partition coefficient (Wildman–Crippen LogP) is 3.85. The van der Waals surface area contributed by atoms with E-state index in [9.17, 15) is 14.7 Å². The summed E-state index contributed by atoms with van der Waals surface area (Å²) in [6.45, 7) is 0.112. The minimum absolute atomic E-state index is 0.0951. The number of carboxylic acid groups (broad SMARTS) is 1. The van der Waals surface area contributed by atoms with Crippen LogP contribution in [0.4, 0.5) is 4.79 Å². The van der Waals surface area contributed by atoms with Gasteiger partial charge in [0.1, 0.15) is 11.2 Å². The van der Waals surface area contributed by atoms with E-state index in [0.717, 1.165) is 22.3 Å². The second kappa shape index (κ2) is 7.71. The molecule has 2 aromatic carbocycles. The third-order valence-corrected chi connectivity index (χ3v) is 5.42. The summed E-state index contributed by atoms with van der Waals surface area (Å²) in [5, 5.41) is 16.0. The lowest BCUT2D eigenvalue weighted by Gasteiger charge is -2.17. The van der Waals surface area contributed by atoms with Gasteiger partial charge in [-0.1, -0.05) is 48.5 Å². The fourth-order valence-electron chi connectivity index (χ4n) is 3.74. The molecule has 29 heavy (non-hydrogen) atoms. The van der Waals surface area contributed by atoms with Gasteiger partial charge in [0.15, 0.2) is 6.04 Å². The Morgan fingerprint density at radius 2 is 1.76 bits per heavy atom. The quantitative estimate of drug-likeness (QED) is 0.609. The summed E-state index contributed by atoms with van der Waals surface area (Å²) in [5.41, 5.74) is 4.76. The van der Waals surface area contributed by atoms with E-state index >= 15 is 0 Å². The molecule has 0 saturated carbocycles. The number of alkyl carbamates (subject to hydrolysis) is 1. The largest absolute Gasteiger partial charge is 0.479 e. The first-order valence-electron chi connectivity index (χ1n) is 8.99. The van der Waals surface area contributed by atoms with E-state index in [0.29, 0.717) is 10.3 Å². The van der Waals surface area contributed by atoms with Crippen LogP contribution < -0.4 is 5.32 Å². The van der Waals surface area contributed by atoms with Gasteiger partial charge in [0.05, 0.1) is 5.69 Å². The highest BCUT2D eigenvalue weighted by atomic mass is 79.9. The number of carboxylic acids is 1. The van der Waals surface area contributed by atoms with Gasteiger partial charge in [-0.3, -0.25) is 4.68 Å². The molecule has 1 amide bonds. The molecule has 0 spiro atoms. The van der Waals surface area contributed by atoms with Crippen LogP contribution in [0.1, 0.15) is 28.8 Å². The van der Waals surface area contributed by atoms with Crippen molar-refractivity contribution in [1.29, 1.82) is 0 Å². The standard InChI is InChI=1S/C21H18BrN3O4/c1-25-17(10-18(22)24-25)19(20(26)27)23-21(28)29-11-16-14-8-4-2-6-12(14)13-7-3-5-9-15(13)16/h2-10,16,19H,11H2,1H3,(H,23,28)(H,26,27). The summed E-state index contributed by atoms with van der Waals surface area (Å²) in [6, 6.07) is 16.3. The summed E-state index contributed by atoms with van der Waals surface area (Å²) in [6.07, 6.45) is -0.795. The molecular formula is C21H18BrN3O4. The Labute approximate surface area is 175 Å². The Bertz CT molecular complexity index is 1050. The van der Waals surface area contributed by atoms with Crippen molar-refractivity contribution in [2.75, 3.05) is 6.61 Å². The lowest BCUT2D eigenvalue weighted by Crippen LogP contribution is -2.36. The molecule has 0 bridgehead atoms. The maximum absolute atomic E-state index is 12.4. The Kier molecular flexibility index (Phi) is 5.10. The molecule has 0 saturated heterocycles. The van der Waals surface area contributed by atoms with Gasteiger partial charge < -0.3 is 15.2 Å². The van der Waals surface area contributed by atoms with Gasteiger partial charge in [-0.2, -0.15) is 5.10 Å². The topological polar surface area (TPSA) is 93.5 Å². The number of hydrogen-bond acceptors (Lipinski definition) is 4. The predicted molar refractivity (Wildman–Crippen MR) is 109 cm³/mol. The van der Waals surface area contributed by atoms with Crippen molar-refractivity contribution in [2.24, 2.45) is 7.05 Å². The fraction of sp³-hybridized carbons (Fsp3) is 0.190. The van der Waals surface area contributed by atoms with Crippen LogP contribution >= 0.6 is 15.9 Å². The number of aromatic nitrogens is 2. The summed E-state index contributed by atoms with van der Waals surface area (Å²) in [7, 11) is 1.61. The molecule has 1 aromatic heterocycles.